The molecule has 3 aromatic heterocycles. The van der Waals surface area contributed by atoms with Crippen molar-refractivity contribution in [3.8, 4) is 11.5 Å². The monoisotopic (exact) mass is 405 g/mol. The number of amides is 1. The highest BCUT2D eigenvalue weighted by Crippen LogP contribution is 2.28. The summed E-state index contributed by atoms with van der Waals surface area (Å²) in [7, 11) is 0. The van der Waals surface area contributed by atoms with Crippen LogP contribution in [0.3, 0.4) is 0 Å². The Morgan fingerprint density at radius 2 is 1.93 bits per heavy atom. The van der Waals surface area contributed by atoms with E-state index in [2.05, 4.69) is 25.4 Å². The minimum Gasteiger partial charge on any atom is -0.463 e. The molecule has 29 heavy (non-hydrogen) atoms. The number of carbonyl (C=O) groups excluding carboxylic acids is 1. The number of carbonyl (C=O) groups is 1. The molecule has 5 rings (SSSR count). The summed E-state index contributed by atoms with van der Waals surface area (Å²) >= 11 is 1.51. The average Bonchev–Trinajstić information content (AvgIpc) is 3.43. The van der Waals surface area contributed by atoms with Crippen molar-refractivity contribution in [2.75, 3.05) is 23.3 Å². The summed E-state index contributed by atoms with van der Waals surface area (Å²) in [5.41, 5.74) is 1.63. The molecule has 7 nitrogen and oxygen atoms in total. The van der Waals surface area contributed by atoms with E-state index in [4.69, 9.17) is 4.42 Å². The summed E-state index contributed by atoms with van der Waals surface area (Å²) in [5.74, 6) is 1.55. The Kier molecular flexibility index (Phi) is 4.69. The summed E-state index contributed by atoms with van der Waals surface area (Å²) < 4.78 is 6.43. The molecule has 0 saturated carbocycles. The van der Waals surface area contributed by atoms with Gasteiger partial charge < -0.3 is 14.6 Å². The first-order chi connectivity index (χ1) is 14.3. The lowest BCUT2D eigenvalue weighted by Gasteiger charge is -2.31. The third-order valence-corrected chi connectivity index (χ3v) is 6.09. The quantitative estimate of drug-likeness (QED) is 0.548. The first-order valence-electron chi connectivity index (χ1n) is 9.55. The fourth-order valence-electron chi connectivity index (χ4n) is 3.55. The van der Waals surface area contributed by atoms with Gasteiger partial charge in [-0.15, -0.1) is 10.2 Å². The van der Waals surface area contributed by atoms with Gasteiger partial charge in [0.15, 0.2) is 16.7 Å². The predicted octanol–water partition coefficient (Wildman–Crippen LogP) is 4.20. The lowest BCUT2D eigenvalue weighted by Crippen LogP contribution is -2.38. The molecular weight excluding hydrogens is 386 g/mol. The van der Waals surface area contributed by atoms with Crippen LogP contribution in [0, 0.1) is 5.92 Å². The van der Waals surface area contributed by atoms with Crippen molar-refractivity contribution in [1.82, 2.24) is 15.2 Å². The molecule has 0 unspecified atom stereocenters. The van der Waals surface area contributed by atoms with E-state index in [1.54, 1.807) is 6.26 Å². The zero-order valence-electron chi connectivity index (χ0n) is 15.6. The Hall–Kier alpha value is -3.26. The van der Waals surface area contributed by atoms with Crippen LogP contribution in [0.25, 0.3) is 21.7 Å². The fourth-order valence-corrected chi connectivity index (χ4v) is 4.42. The van der Waals surface area contributed by atoms with Crippen molar-refractivity contribution < 1.29 is 9.21 Å². The topological polar surface area (TPSA) is 84.2 Å². The van der Waals surface area contributed by atoms with Crippen LogP contribution in [0.2, 0.25) is 0 Å². The standard InChI is InChI=1S/C21H19N5O2S/c27-20(23-21-22-16-4-1-2-6-18(16)29-21)14-9-11-26(12-10-14)19-8-7-15(24-25-19)17-5-3-13-28-17/h1-8,13-14H,9-12H2,(H,22,23,27). The van der Waals surface area contributed by atoms with Gasteiger partial charge in [0.2, 0.25) is 5.91 Å². The molecular formula is C21H19N5O2S. The van der Waals surface area contributed by atoms with Gasteiger partial charge in [0.05, 0.1) is 16.5 Å². The molecule has 0 spiro atoms. The van der Waals surface area contributed by atoms with Gasteiger partial charge >= 0.3 is 0 Å². The van der Waals surface area contributed by atoms with Crippen molar-refractivity contribution in [3.05, 3.63) is 54.8 Å². The summed E-state index contributed by atoms with van der Waals surface area (Å²) in [6.07, 6.45) is 3.17. The number of thiazole rings is 1. The van der Waals surface area contributed by atoms with Crippen LogP contribution in [-0.2, 0) is 4.79 Å². The van der Waals surface area contributed by atoms with Crippen molar-refractivity contribution >= 4 is 38.4 Å². The Bertz CT molecular complexity index is 1080. The van der Waals surface area contributed by atoms with Gasteiger partial charge in [-0.05, 0) is 49.2 Å². The number of hydrogen-bond acceptors (Lipinski definition) is 7. The number of benzene rings is 1. The molecule has 0 bridgehead atoms. The summed E-state index contributed by atoms with van der Waals surface area (Å²) in [6, 6.07) is 15.4. The summed E-state index contributed by atoms with van der Waals surface area (Å²) in [6.45, 7) is 1.54. The Balaban J connectivity index is 1.19. The number of furan rings is 1. The van der Waals surface area contributed by atoms with Crippen LogP contribution in [0.1, 0.15) is 12.8 Å². The van der Waals surface area contributed by atoms with Gasteiger partial charge in [0.25, 0.3) is 0 Å². The maximum atomic E-state index is 12.7. The predicted molar refractivity (Wildman–Crippen MR) is 113 cm³/mol. The molecule has 1 aromatic carbocycles. The number of nitrogens with one attached hydrogen (secondary N) is 1. The number of piperidine rings is 1. The maximum absolute atomic E-state index is 12.7. The number of rotatable bonds is 4. The van der Waals surface area contributed by atoms with E-state index in [9.17, 15) is 4.79 Å². The number of para-hydroxylation sites is 1. The van der Waals surface area contributed by atoms with Crippen LogP contribution in [0.15, 0.2) is 59.2 Å². The molecule has 4 heterocycles. The van der Waals surface area contributed by atoms with Gasteiger partial charge in [-0.25, -0.2) is 4.98 Å². The molecule has 1 fully saturated rings. The molecule has 1 aliphatic heterocycles. The number of anilines is 2. The maximum Gasteiger partial charge on any atom is 0.229 e. The fraction of sp³-hybridized carbons (Fsp3) is 0.238. The molecule has 0 atom stereocenters. The van der Waals surface area contributed by atoms with Gasteiger partial charge in [0, 0.05) is 19.0 Å². The van der Waals surface area contributed by atoms with Crippen LogP contribution < -0.4 is 10.2 Å². The molecule has 146 valence electrons. The Morgan fingerprint density at radius 3 is 2.66 bits per heavy atom. The highest BCUT2D eigenvalue weighted by Gasteiger charge is 2.26. The lowest BCUT2D eigenvalue weighted by molar-refractivity contribution is -0.120. The number of aromatic nitrogens is 3. The van der Waals surface area contributed by atoms with Crippen molar-refractivity contribution in [3.63, 3.8) is 0 Å². The van der Waals surface area contributed by atoms with E-state index in [0.717, 1.165) is 42.0 Å². The summed E-state index contributed by atoms with van der Waals surface area (Å²) in [5, 5.41) is 12.2. The largest absolute Gasteiger partial charge is 0.463 e. The first kappa shape index (κ1) is 17.8. The molecule has 4 aromatic rings. The molecule has 1 saturated heterocycles. The summed E-state index contributed by atoms with van der Waals surface area (Å²) in [4.78, 5) is 19.3. The lowest BCUT2D eigenvalue weighted by atomic mass is 9.96. The van der Waals surface area contributed by atoms with E-state index in [-0.39, 0.29) is 11.8 Å². The highest BCUT2D eigenvalue weighted by atomic mass is 32.1. The minimum absolute atomic E-state index is 0.0198. The SMILES string of the molecule is O=C(Nc1nc2ccccc2s1)C1CCN(c2ccc(-c3ccco3)nn2)CC1. The molecule has 0 aliphatic carbocycles. The minimum atomic E-state index is -0.0198. The molecule has 8 heteroatoms. The van der Waals surface area contributed by atoms with E-state index < -0.39 is 0 Å². The second kappa shape index (κ2) is 7.63. The smallest absolute Gasteiger partial charge is 0.229 e. The van der Waals surface area contributed by atoms with Crippen LogP contribution in [-0.4, -0.2) is 34.2 Å². The van der Waals surface area contributed by atoms with Gasteiger partial charge in [-0.2, -0.15) is 0 Å². The van der Waals surface area contributed by atoms with Crippen molar-refractivity contribution in [1.29, 1.82) is 0 Å². The Labute approximate surface area is 171 Å². The number of fused-ring (bicyclic) bond motifs is 1. The molecule has 1 N–H and O–H groups in total. The van der Waals surface area contributed by atoms with Crippen LogP contribution >= 0.6 is 11.3 Å². The molecule has 1 amide bonds. The second-order valence-electron chi connectivity index (χ2n) is 6.99. The van der Waals surface area contributed by atoms with Crippen LogP contribution in [0.5, 0.6) is 0 Å². The molecule has 1 aliphatic rings. The van der Waals surface area contributed by atoms with Crippen molar-refractivity contribution in [2.45, 2.75) is 12.8 Å². The zero-order chi connectivity index (χ0) is 19.6. The van der Waals surface area contributed by atoms with Crippen molar-refractivity contribution in [2.24, 2.45) is 5.92 Å². The molecule has 0 radical (unpaired) electrons. The van der Waals surface area contributed by atoms with Gasteiger partial charge in [-0.3, -0.25) is 4.79 Å². The van der Waals surface area contributed by atoms with E-state index in [0.29, 0.717) is 16.6 Å². The first-order valence-corrected chi connectivity index (χ1v) is 10.4. The number of hydrogen-bond donors (Lipinski definition) is 1. The van der Waals surface area contributed by atoms with E-state index in [1.807, 2.05) is 48.5 Å². The normalized spacial score (nSPS) is 15.0. The zero-order valence-corrected chi connectivity index (χ0v) is 16.4. The third kappa shape index (κ3) is 3.71. The van der Waals surface area contributed by atoms with E-state index >= 15 is 0 Å². The Morgan fingerprint density at radius 1 is 1.07 bits per heavy atom. The highest BCUT2D eigenvalue weighted by molar-refractivity contribution is 7.22. The van der Waals surface area contributed by atoms with Gasteiger partial charge in [0.1, 0.15) is 5.69 Å². The number of nitrogens with zero attached hydrogens (tertiary/aromatic N) is 4. The van der Waals surface area contributed by atoms with E-state index in [1.165, 1.54) is 11.3 Å². The third-order valence-electron chi connectivity index (χ3n) is 5.14. The van der Waals surface area contributed by atoms with Gasteiger partial charge in [-0.1, -0.05) is 23.5 Å². The van der Waals surface area contributed by atoms with Crippen LogP contribution in [0.4, 0.5) is 10.9 Å². The second-order valence-corrected chi connectivity index (χ2v) is 8.02. The average molecular weight is 405 g/mol.